The van der Waals surface area contributed by atoms with Gasteiger partial charge in [0.15, 0.2) is 0 Å². The normalized spacial score (nSPS) is 10.5. The summed E-state index contributed by atoms with van der Waals surface area (Å²) in [5.41, 5.74) is 0.935. The summed E-state index contributed by atoms with van der Waals surface area (Å²) in [5, 5.41) is 2.71. The summed E-state index contributed by atoms with van der Waals surface area (Å²) in [6, 6.07) is 6.00. The highest BCUT2D eigenvalue weighted by Gasteiger charge is 2.09. The van der Waals surface area contributed by atoms with Crippen LogP contribution in [-0.2, 0) is 12.4 Å². The molecule has 90 valence electrons. The minimum atomic E-state index is 0.432. The van der Waals surface area contributed by atoms with Gasteiger partial charge in [0.05, 0.1) is 11.6 Å². The number of hydrogen-bond acceptors (Lipinski definition) is 3. The fourth-order valence-electron chi connectivity index (χ4n) is 1.54. The maximum Gasteiger partial charge on any atom is 0.147 e. The smallest absolute Gasteiger partial charge is 0.147 e. The molecule has 0 bridgehead atoms. The van der Waals surface area contributed by atoms with Gasteiger partial charge in [0.1, 0.15) is 5.82 Å². The van der Waals surface area contributed by atoms with E-state index < -0.39 is 0 Å². The van der Waals surface area contributed by atoms with E-state index in [0.717, 1.165) is 17.9 Å². The van der Waals surface area contributed by atoms with Crippen LogP contribution in [0.1, 0.15) is 10.4 Å². The maximum atomic E-state index is 6.18. The average molecular weight is 287 g/mol. The van der Waals surface area contributed by atoms with Gasteiger partial charge in [-0.3, -0.25) is 0 Å². The first kappa shape index (κ1) is 12.7. The van der Waals surface area contributed by atoms with Gasteiger partial charge >= 0.3 is 0 Å². The third-order valence-electron chi connectivity index (χ3n) is 2.37. The molecule has 0 fully saturated rings. The number of anilines is 1. The first-order valence-electron chi connectivity index (χ1n) is 5.14. The van der Waals surface area contributed by atoms with E-state index in [9.17, 15) is 0 Å². The van der Waals surface area contributed by atoms with Crippen molar-refractivity contribution in [1.82, 2.24) is 4.98 Å². The number of halogens is 2. The van der Waals surface area contributed by atoms with E-state index in [0.29, 0.717) is 10.9 Å². The molecule has 0 unspecified atom stereocenters. The zero-order valence-electron chi connectivity index (χ0n) is 9.36. The quantitative estimate of drug-likeness (QED) is 0.784. The minimum Gasteiger partial charge on any atom is -0.353 e. The Kier molecular flexibility index (Phi) is 4.26. The molecule has 17 heavy (non-hydrogen) atoms. The Morgan fingerprint density at radius 1 is 1.47 bits per heavy atom. The van der Waals surface area contributed by atoms with Gasteiger partial charge in [0, 0.05) is 24.0 Å². The van der Waals surface area contributed by atoms with Crippen molar-refractivity contribution in [2.75, 3.05) is 11.9 Å². The summed E-state index contributed by atoms with van der Waals surface area (Å²) in [6.07, 6.45) is 1.76. The van der Waals surface area contributed by atoms with Crippen LogP contribution in [0.2, 0.25) is 5.02 Å². The molecular weight excluding hydrogens is 275 g/mol. The second kappa shape index (κ2) is 5.71. The Bertz CT molecular complexity index is 485. The Morgan fingerprint density at radius 2 is 2.29 bits per heavy atom. The number of rotatable bonds is 4. The number of alkyl halides is 1. The maximum absolute atomic E-state index is 6.18. The van der Waals surface area contributed by atoms with E-state index >= 15 is 0 Å². The van der Waals surface area contributed by atoms with Crippen LogP contribution in [0.4, 0.5) is 5.82 Å². The highest BCUT2D eigenvalue weighted by molar-refractivity contribution is 7.09. The number of aromatic nitrogens is 1. The van der Waals surface area contributed by atoms with Crippen LogP contribution in [0.25, 0.3) is 0 Å². The molecule has 5 heteroatoms. The van der Waals surface area contributed by atoms with Gasteiger partial charge in [0.25, 0.3) is 0 Å². The molecule has 0 N–H and O–H groups in total. The van der Waals surface area contributed by atoms with Crippen LogP contribution >= 0.6 is 34.5 Å². The van der Waals surface area contributed by atoms with Crippen molar-refractivity contribution in [3.05, 3.63) is 45.2 Å². The summed E-state index contributed by atoms with van der Waals surface area (Å²) < 4.78 is 0. The van der Waals surface area contributed by atoms with Crippen LogP contribution in [0, 0.1) is 0 Å². The Labute approximate surface area is 115 Å². The highest BCUT2D eigenvalue weighted by Crippen LogP contribution is 2.25. The second-order valence-corrected chi connectivity index (χ2v) is 5.42. The summed E-state index contributed by atoms with van der Waals surface area (Å²) in [5.74, 6) is 1.22. The highest BCUT2D eigenvalue weighted by atomic mass is 35.5. The van der Waals surface area contributed by atoms with E-state index in [1.165, 1.54) is 4.88 Å². The molecule has 2 aromatic heterocycles. The Hall–Kier alpha value is -0.770. The third-order valence-corrected chi connectivity index (χ3v) is 3.82. The monoisotopic (exact) mass is 286 g/mol. The molecule has 0 aliphatic rings. The number of hydrogen-bond donors (Lipinski definition) is 0. The zero-order chi connectivity index (χ0) is 12.3. The predicted octanol–water partition coefficient (Wildman–Crippen LogP) is 4.17. The average Bonchev–Trinajstić information content (AvgIpc) is 2.81. The van der Waals surface area contributed by atoms with E-state index in [1.54, 1.807) is 17.5 Å². The van der Waals surface area contributed by atoms with Gasteiger partial charge in [-0.05, 0) is 23.1 Å². The lowest BCUT2D eigenvalue weighted by molar-refractivity contribution is 0.911. The summed E-state index contributed by atoms with van der Waals surface area (Å²) in [4.78, 5) is 7.66. The van der Waals surface area contributed by atoms with Crippen LogP contribution in [0.15, 0.2) is 29.8 Å². The standard InChI is InChI=1S/C12H12Cl2N2S/c1-16(8-10-3-2-4-17-10)12-11(14)5-9(6-13)7-15-12/h2-5,7H,6,8H2,1H3. The van der Waals surface area contributed by atoms with Crippen LogP contribution in [0.5, 0.6) is 0 Å². The van der Waals surface area contributed by atoms with E-state index in [4.69, 9.17) is 23.2 Å². The van der Waals surface area contributed by atoms with E-state index in [1.807, 2.05) is 24.1 Å². The predicted molar refractivity (Wildman–Crippen MR) is 75.2 cm³/mol. The Morgan fingerprint density at radius 3 is 2.88 bits per heavy atom. The first-order chi connectivity index (χ1) is 8.20. The van der Waals surface area contributed by atoms with Gasteiger partial charge in [-0.25, -0.2) is 4.98 Å². The molecule has 0 amide bonds. The van der Waals surface area contributed by atoms with Crippen molar-refractivity contribution in [3.63, 3.8) is 0 Å². The van der Waals surface area contributed by atoms with Crippen LogP contribution < -0.4 is 4.90 Å². The lowest BCUT2D eigenvalue weighted by Gasteiger charge is -2.18. The zero-order valence-corrected chi connectivity index (χ0v) is 11.7. The van der Waals surface area contributed by atoms with Crippen LogP contribution in [-0.4, -0.2) is 12.0 Å². The third kappa shape index (κ3) is 3.12. The molecule has 0 aromatic carbocycles. The molecular formula is C12H12Cl2N2S. The molecule has 0 saturated carbocycles. The van der Waals surface area contributed by atoms with Crippen molar-refractivity contribution in [2.45, 2.75) is 12.4 Å². The second-order valence-electron chi connectivity index (χ2n) is 3.72. The molecule has 2 rings (SSSR count). The van der Waals surface area contributed by atoms with Crippen molar-refractivity contribution in [2.24, 2.45) is 0 Å². The van der Waals surface area contributed by atoms with Crippen molar-refractivity contribution >= 4 is 40.4 Å². The van der Waals surface area contributed by atoms with Crippen molar-refractivity contribution in [1.29, 1.82) is 0 Å². The molecule has 0 atom stereocenters. The topological polar surface area (TPSA) is 16.1 Å². The molecule has 0 saturated heterocycles. The summed E-state index contributed by atoms with van der Waals surface area (Å²) >= 11 is 13.6. The molecule has 0 aliphatic heterocycles. The van der Waals surface area contributed by atoms with E-state index in [-0.39, 0.29) is 0 Å². The van der Waals surface area contributed by atoms with Crippen LogP contribution in [0.3, 0.4) is 0 Å². The van der Waals surface area contributed by atoms with Crippen molar-refractivity contribution in [3.8, 4) is 0 Å². The van der Waals surface area contributed by atoms with Gasteiger partial charge in [-0.15, -0.1) is 22.9 Å². The molecule has 0 aliphatic carbocycles. The van der Waals surface area contributed by atoms with Gasteiger partial charge < -0.3 is 4.90 Å². The summed E-state index contributed by atoms with van der Waals surface area (Å²) in [7, 11) is 1.98. The first-order valence-corrected chi connectivity index (χ1v) is 6.94. The lowest BCUT2D eigenvalue weighted by Crippen LogP contribution is -2.17. The molecule has 0 radical (unpaired) electrons. The molecule has 2 heterocycles. The number of nitrogens with zero attached hydrogens (tertiary/aromatic N) is 2. The van der Waals surface area contributed by atoms with E-state index in [2.05, 4.69) is 16.4 Å². The van der Waals surface area contributed by atoms with Crippen molar-refractivity contribution < 1.29 is 0 Å². The largest absolute Gasteiger partial charge is 0.353 e. The molecule has 2 aromatic rings. The number of thiophene rings is 1. The summed E-state index contributed by atoms with van der Waals surface area (Å²) in [6.45, 7) is 0.810. The van der Waals surface area contributed by atoms with Gasteiger partial charge in [-0.1, -0.05) is 17.7 Å². The number of pyridine rings is 1. The van der Waals surface area contributed by atoms with Gasteiger partial charge in [0.2, 0.25) is 0 Å². The molecule has 2 nitrogen and oxygen atoms in total. The SMILES string of the molecule is CN(Cc1cccs1)c1ncc(CCl)cc1Cl. The minimum absolute atomic E-state index is 0.432. The molecule has 0 spiro atoms. The lowest BCUT2D eigenvalue weighted by atomic mass is 10.3. The fraction of sp³-hybridized carbons (Fsp3) is 0.250. The van der Waals surface area contributed by atoms with Gasteiger partial charge in [-0.2, -0.15) is 0 Å². The fourth-order valence-corrected chi connectivity index (χ4v) is 2.77. The Balaban J connectivity index is 2.16.